The molecule has 2 aromatic carbocycles. The zero-order chi connectivity index (χ0) is 18.0. The van der Waals surface area contributed by atoms with Crippen molar-refractivity contribution >= 4 is 83.7 Å². The highest BCUT2D eigenvalue weighted by Crippen LogP contribution is 2.37. The zero-order valence-electron chi connectivity index (χ0n) is 12.5. The molecule has 3 nitrogen and oxygen atoms in total. The summed E-state index contributed by atoms with van der Waals surface area (Å²) in [6.45, 7) is 0.418. The Kier molecular flexibility index (Phi) is 6.22. The number of carbonyl (C=O) groups excluding carboxylic acids is 1. The van der Waals surface area contributed by atoms with Gasteiger partial charge in [0.1, 0.15) is 16.7 Å². The molecule has 0 saturated carbocycles. The second-order valence-corrected chi connectivity index (χ2v) is 8.95. The van der Waals surface area contributed by atoms with E-state index < -0.39 is 0 Å². The molecular weight excluding hydrogens is 510 g/mol. The maximum absolute atomic E-state index is 11.8. The van der Waals surface area contributed by atoms with E-state index in [0.29, 0.717) is 26.6 Å². The Labute approximate surface area is 176 Å². The van der Waals surface area contributed by atoms with Crippen molar-refractivity contribution in [2.75, 3.05) is 0 Å². The van der Waals surface area contributed by atoms with Crippen LogP contribution >= 0.6 is 67.4 Å². The van der Waals surface area contributed by atoms with E-state index in [-0.39, 0.29) is 5.91 Å². The van der Waals surface area contributed by atoms with Gasteiger partial charge in [-0.3, -0.25) is 4.79 Å². The van der Waals surface area contributed by atoms with Crippen molar-refractivity contribution in [3.8, 4) is 5.75 Å². The largest absolute Gasteiger partial charge is 0.487 e. The van der Waals surface area contributed by atoms with Gasteiger partial charge in [0.2, 0.25) is 0 Å². The summed E-state index contributed by atoms with van der Waals surface area (Å²) in [5.74, 6) is 0.515. The summed E-state index contributed by atoms with van der Waals surface area (Å²) in [5, 5.41) is 3.29. The second kappa shape index (κ2) is 8.22. The first-order valence-electron chi connectivity index (χ1n) is 7.03. The molecule has 0 aromatic heterocycles. The molecular formula is C17H10Br2ClNO2S2. The number of ether oxygens (including phenoxy) is 1. The van der Waals surface area contributed by atoms with Crippen LogP contribution in [-0.2, 0) is 11.4 Å². The summed E-state index contributed by atoms with van der Waals surface area (Å²) in [6, 6.07) is 11.3. The van der Waals surface area contributed by atoms with Crippen molar-refractivity contribution in [3.05, 3.63) is 66.4 Å². The van der Waals surface area contributed by atoms with Crippen LogP contribution in [0.1, 0.15) is 11.1 Å². The van der Waals surface area contributed by atoms with Gasteiger partial charge in [-0.1, -0.05) is 47.7 Å². The number of carbonyl (C=O) groups is 1. The molecule has 1 amide bonds. The molecule has 0 radical (unpaired) electrons. The first-order valence-corrected chi connectivity index (χ1v) is 10.2. The molecule has 128 valence electrons. The molecule has 1 saturated heterocycles. The van der Waals surface area contributed by atoms with Gasteiger partial charge in [-0.05, 0) is 73.3 Å². The van der Waals surface area contributed by atoms with Gasteiger partial charge in [-0.15, -0.1) is 0 Å². The summed E-state index contributed by atoms with van der Waals surface area (Å²) in [6.07, 6.45) is 1.79. The quantitative estimate of drug-likeness (QED) is 0.401. The normalized spacial score (nSPS) is 15.6. The molecule has 1 N–H and O–H groups in total. The van der Waals surface area contributed by atoms with Crippen LogP contribution in [-0.4, -0.2) is 10.2 Å². The highest BCUT2D eigenvalue weighted by Gasteiger charge is 2.22. The van der Waals surface area contributed by atoms with Crippen molar-refractivity contribution in [2.24, 2.45) is 0 Å². The van der Waals surface area contributed by atoms with E-state index in [1.807, 2.05) is 36.4 Å². The summed E-state index contributed by atoms with van der Waals surface area (Å²) in [7, 11) is 0. The molecule has 1 aliphatic rings. The lowest BCUT2D eigenvalue weighted by molar-refractivity contribution is -0.115. The van der Waals surface area contributed by atoms with Crippen LogP contribution in [0.4, 0.5) is 0 Å². The standard InChI is InChI=1S/C17H10Br2ClNO2S2/c18-12-5-10(7-14-16(22)21-17(24)25-14)6-13(19)15(12)23-8-9-1-3-11(20)4-2-9/h1-7H,8H2,(H,21,22,24)/b14-7-. The van der Waals surface area contributed by atoms with Crippen LogP contribution in [0.2, 0.25) is 5.02 Å². The molecule has 0 unspecified atom stereocenters. The van der Waals surface area contributed by atoms with E-state index in [2.05, 4.69) is 37.2 Å². The molecule has 2 aromatic rings. The molecule has 1 fully saturated rings. The number of thioether (sulfide) groups is 1. The Morgan fingerprint density at radius 2 is 1.84 bits per heavy atom. The van der Waals surface area contributed by atoms with Gasteiger partial charge in [-0.25, -0.2) is 0 Å². The highest BCUT2D eigenvalue weighted by atomic mass is 79.9. The monoisotopic (exact) mass is 517 g/mol. The number of hydrogen-bond acceptors (Lipinski definition) is 4. The Morgan fingerprint density at radius 1 is 1.20 bits per heavy atom. The van der Waals surface area contributed by atoms with E-state index in [0.717, 1.165) is 20.1 Å². The third-order valence-corrected chi connectivity index (χ3v) is 5.85. The predicted molar refractivity (Wildman–Crippen MR) is 114 cm³/mol. The van der Waals surface area contributed by atoms with Gasteiger partial charge in [0.05, 0.1) is 13.9 Å². The molecule has 1 heterocycles. The van der Waals surface area contributed by atoms with Gasteiger partial charge in [0, 0.05) is 5.02 Å². The van der Waals surface area contributed by atoms with Gasteiger partial charge >= 0.3 is 0 Å². The number of thiocarbonyl (C=S) groups is 1. The molecule has 0 atom stereocenters. The molecule has 0 bridgehead atoms. The van der Waals surface area contributed by atoms with Crippen molar-refractivity contribution in [3.63, 3.8) is 0 Å². The lowest BCUT2D eigenvalue weighted by Crippen LogP contribution is -2.17. The van der Waals surface area contributed by atoms with Crippen LogP contribution in [0.25, 0.3) is 6.08 Å². The summed E-state index contributed by atoms with van der Waals surface area (Å²) in [5.41, 5.74) is 1.88. The third-order valence-electron chi connectivity index (χ3n) is 3.26. The summed E-state index contributed by atoms with van der Waals surface area (Å²) in [4.78, 5) is 12.3. The molecule has 3 rings (SSSR count). The molecule has 1 aliphatic heterocycles. The van der Waals surface area contributed by atoms with E-state index in [9.17, 15) is 4.79 Å². The summed E-state index contributed by atoms with van der Waals surface area (Å²) >= 11 is 19.2. The van der Waals surface area contributed by atoms with Crippen LogP contribution < -0.4 is 10.1 Å². The van der Waals surface area contributed by atoms with Gasteiger partial charge in [-0.2, -0.15) is 0 Å². The fourth-order valence-corrected chi connectivity index (χ4v) is 4.73. The lowest BCUT2D eigenvalue weighted by atomic mass is 10.2. The molecule has 8 heteroatoms. The Balaban J connectivity index is 1.78. The number of amides is 1. The number of rotatable bonds is 4. The van der Waals surface area contributed by atoms with E-state index in [1.165, 1.54) is 11.8 Å². The smallest absolute Gasteiger partial charge is 0.263 e. The SMILES string of the molecule is O=C1NC(=S)S/C1=C\c1cc(Br)c(OCc2ccc(Cl)cc2)c(Br)c1. The predicted octanol–water partition coefficient (Wildman–Crippen LogP) is 5.93. The maximum Gasteiger partial charge on any atom is 0.263 e. The fourth-order valence-electron chi connectivity index (χ4n) is 2.11. The summed E-state index contributed by atoms with van der Waals surface area (Å²) < 4.78 is 7.94. The average Bonchev–Trinajstić information content (AvgIpc) is 2.86. The topological polar surface area (TPSA) is 38.3 Å². The van der Waals surface area contributed by atoms with Crippen LogP contribution in [0.15, 0.2) is 50.2 Å². The van der Waals surface area contributed by atoms with Crippen molar-refractivity contribution in [1.82, 2.24) is 5.32 Å². The minimum absolute atomic E-state index is 0.176. The minimum atomic E-state index is -0.176. The number of benzene rings is 2. The molecule has 0 spiro atoms. The first-order chi connectivity index (χ1) is 11.9. The van der Waals surface area contributed by atoms with Crippen LogP contribution in [0, 0.1) is 0 Å². The first kappa shape index (κ1) is 18.9. The van der Waals surface area contributed by atoms with Gasteiger partial charge < -0.3 is 10.1 Å². The number of hydrogen-bond donors (Lipinski definition) is 1. The van der Waals surface area contributed by atoms with Crippen LogP contribution in [0.5, 0.6) is 5.75 Å². The Hall–Kier alpha value is -0.860. The maximum atomic E-state index is 11.8. The van der Waals surface area contributed by atoms with E-state index >= 15 is 0 Å². The van der Waals surface area contributed by atoms with Gasteiger partial charge in [0.15, 0.2) is 0 Å². The van der Waals surface area contributed by atoms with Crippen molar-refractivity contribution in [2.45, 2.75) is 6.61 Å². The highest BCUT2D eigenvalue weighted by molar-refractivity contribution is 9.11. The lowest BCUT2D eigenvalue weighted by Gasteiger charge is -2.11. The number of nitrogens with one attached hydrogen (secondary N) is 1. The Bertz CT molecular complexity index is 862. The second-order valence-electron chi connectivity index (χ2n) is 5.08. The average molecular weight is 520 g/mol. The van der Waals surface area contributed by atoms with E-state index in [4.69, 9.17) is 28.6 Å². The third kappa shape index (κ3) is 4.86. The van der Waals surface area contributed by atoms with Gasteiger partial charge in [0.25, 0.3) is 5.91 Å². The number of halogens is 3. The molecule has 25 heavy (non-hydrogen) atoms. The van der Waals surface area contributed by atoms with Crippen molar-refractivity contribution in [1.29, 1.82) is 0 Å². The zero-order valence-corrected chi connectivity index (χ0v) is 18.1. The molecule has 0 aliphatic carbocycles. The fraction of sp³-hybridized carbons (Fsp3) is 0.0588. The van der Waals surface area contributed by atoms with Crippen molar-refractivity contribution < 1.29 is 9.53 Å². The van der Waals surface area contributed by atoms with Crippen LogP contribution in [0.3, 0.4) is 0 Å². The minimum Gasteiger partial charge on any atom is -0.487 e. The Morgan fingerprint density at radius 3 is 2.40 bits per heavy atom. The van der Waals surface area contributed by atoms with E-state index in [1.54, 1.807) is 6.08 Å².